The molecule has 0 saturated carbocycles. The van der Waals surface area contributed by atoms with Crippen LogP contribution in [0.15, 0.2) is 53.7 Å². The summed E-state index contributed by atoms with van der Waals surface area (Å²) in [6.45, 7) is 0. The monoisotopic (exact) mass is 349 g/mol. The first-order chi connectivity index (χ1) is 11.5. The highest BCUT2D eigenvalue weighted by Gasteiger charge is 2.16. The van der Waals surface area contributed by atoms with E-state index in [0.29, 0.717) is 11.4 Å². The highest BCUT2D eigenvalue weighted by atomic mass is 32.2. The van der Waals surface area contributed by atoms with Crippen molar-refractivity contribution in [1.29, 1.82) is 0 Å². The fourth-order valence-corrected chi connectivity index (χ4v) is 3.08. The Balaban J connectivity index is 1.95. The van der Waals surface area contributed by atoms with E-state index < -0.39 is 15.8 Å². The van der Waals surface area contributed by atoms with Crippen LogP contribution in [0.4, 0.5) is 10.1 Å². The number of nitrogens with zero attached hydrogens (tertiary/aromatic N) is 4. The fraction of sp³-hybridized carbons (Fsp3) is 0.0714. The van der Waals surface area contributed by atoms with Gasteiger partial charge in [0.25, 0.3) is 10.0 Å². The predicted octanol–water partition coefficient (Wildman–Crippen LogP) is 1.61. The number of nitrogens with one attached hydrogen (secondary N) is 1. The van der Waals surface area contributed by atoms with Crippen LogP contribution in [0.1, 0.15) is 0 Å². The first-order valence-corrected chi connectivity index (χ1v) is 8.18. The van der Waals surface area contributed by atoms with Crippen molar-refractivity contribution < 1.29 is 17.5 Å². The molecular formula is C14H12FN5O3S. The zero-order valence-corrected chi connectivity index (χ0v) is 13.2. The summed E-state index contributed by atoms with van der Waals surface area (Å²) in [7, 11) is -2.38. The van der Waals surface area contributed by atoms with Gasteiger partial charge in [-0.3, -0.25) is 4.72 Å². The van der Waals surface area contributed by atoms with E-state index in [1.807, 2.05) is 0 Å². The number of rotatable bonds is 5. The Hall–Kier alpha value is -3.01. The van der Waals surface area contributed by atoms with Gasteiger partial charge in [0.05, 0.1) is 17.7 Å². The molecule has 3 aromatic rings. The van der Waals surface area contributed by atoms with Gasteiger partial charge in [0.2, 0.25) is 0 Å². The topological polar surface area (TPSA) is 99.0 Å². The molecule has 0 unspecified atom stereocenters. The molecule has 0 fully saturated rings. The standard InChI is InChI=1S/C14H12FN5O3S/c1-23-14-7-4-11(8-13(14)20-9-16-18-19-20)17-24(21,22)12-5-2-10(15)3-6-12/h2-9,17H,1H3. The van der Waals surface area contributed by atoms with Gasteiger partial charge in [0.15, 0.2) is 0 Å². The Morgan fingerprint density at radius 2 is 1.92 bits per heavy atom. The summed E-state index contributed by atoms with van der Waals surface area (Å²) >= 11 is 0. The molecule has 0 aliphatic rings. The van der Waals surface area contributed by atoms with Crippen LogP contribution in [0.3, 0.4) is 0 Å². The minimum Gasteiger partial charge on any atom is -0.494 e. The lowest BCUT2D eigenvalue weighted by molar-refractivity contribution is 0.411. The first-order valence-electron chi connectivity index (χ1n) is 6.69. The van der Waals surface area contributed by atoms with Gasteiger partial charge >= 0.3 is 0 Å². The van der Waals surface area contributed by atoms with E-state index in [1.54, 1.807) is 6.07 Å². The van der Waals surface area contributed by atoms with Crippen LogP contribution in [-0.4, -0.2) is 35.7 Å². The molecule has 1 N–H and O–H groups in total. The zero-order chi connectivity index (χ0) is 17.2. The third kappa shape index (κ3) is 3.18. The van der Waals surface area contributed by atoms with Gasteiger partial charge in [0.1, 0.15) is 23.6 Å². The van der Waals surface area contributed by atoms with Crippen molar-refractivity contribution in [2.45, 2.75) is 4.90 Å². The molecule has 0 aliphatic carbocycles. The summed E-state index contributed by atoms with van der Waals surface area (Å²) < 4.78 is 46.6. The van der Waals surface area contributed by atoms with E-state index in [0.717, 1.165) is 12.1 Å². The van der Waals surface area contributed by atoms with Crippen molar-refractivity contribution in [3.05, 3.63) is 54.6 Å². The van der Waals surface area contributed by atoms with E-state index in [-0.39, 0.29) is 10.6 Å². The molecule has 0 saturated heterocycles. The van der Waals surface area contributed by atoms with Gasteiger partial charge in [-0.15, -0.1) is 5.10 Å². The van der Waals surface area contributed by atoms with E-state index in [4.69, 9.17) is 4.74 Å². The smallest absolute Gasteiger partial charge is 0.261 e. The van der Waals surface area contributed by atoms with Crippen molar-refractivity contribution in [2.75, 3.05) is 11.8 Å². The number of methoxy groups -OCH3 is 1. The van der Waals surface area contributed by atoms with Gasteiger partial charge < -0.3 is 4.74 Å². The summed E-state index contributed by atoms with van der Waals surface area (Å²) in [6, 6.07) is 9.17. The van der Waals surface area contributed by atoms with Crippen LogP contribution in [-0.2, 0) is 10.0 Å². The Morgan fingerprint density at radius 1 is 1.17 bits per heavy atom. The molecular weight excluding hydrogens is 337 g/mol. The highest BCUT2D eigenvalue weighted by Crippen LogP contribution is 2.27. The Labute approximate surface area is 136 Å². The molecule has 1 heterocycles. The molecule has 24 heavy (non-hydrogen) atoms. The molecule has 124 valence electrons. The second-order valence-corrected chi connectivity index (χ2v) is 6.38. The van der Waals surface area contributed by atoms with Crippen LogP contribution in [0.25, 0.3) is 5.69 Å². The molecule has 3 rings (SSSR count). The molecule has 0 aliphatic heterocycles. The van der Waals surface area contributed by atoms with Crippen LogP contribution >= 0.6 is 0 Å². The summed E-state index contributed by atoms with van der Waals surface area (Å²) in [5, 5.41) is 10.8. The van der Waals surface area contributed by atoms with Crippen LogP contribution in [0, 0.1) is 5.82 Å². The molecule has 8 nitrogen and oxygen atoms in total. The van der Waals surface area contributed by atoms with Gasteiger partial charge in [-0.2, -0.15) is 4.68 Å². The number of ether oxygens (including phenoxy) is 1. The van der Waals surface area contributed by atoms with Crippen molar-refractivity contribution in [3.63, 3.8) is 0 Å². The normalized spacial score (nSPS) is 11.2. The van der Waals surface area contributed by atoms with Crippen molar-refractivity contribution >= 4 is 15.7 Å². The fourth-order valence-electron chi connectivity index (χ4n) is 2.03. The Morgan fingerprint density at radius 3 is 2.54 bits per heavy atom. The number of halogens is 1. The Kier molecular flexibility index (Phi) is 4.13. The van der Waals surface area contributed by atoms with Gasteiger partial charge in [-0.25, -0.2) is 12.8 Å². The number of hydrogen-bond acceptors (Lipinski definition) is 6. The second-order valence-electron chi connectivity index (χ2n) is 4.70. The number of sulfonamides is 1. The van der Waals surface area contributed by atoms with Crippen LogP contribution in [0.5, 0.6) is 5.75 Å². The van der Waals surface area contributed by atoms with Crippen molar-refractivity contribution in [1.82, 2.24) is 20.2 Å². The van der Waals surface area contributed by atoms with Crippen LogP contribution < -0.4 is 9.46 Å². The van der Waals surface area contributed by atoms with Crippen molar-refractivity contribution in [3.8, 4) is 11.4 Å². The van der Waals surface area contributed by atoms with E-state index in [2.05, 4.69) is 20.2 Å². The number of aromatic nitrogens is 4. The zero-order valence-electron chi connectivity index (χ0n) is 12.4. The third-order valence-corrected chi connectivity index (χ3v) is 4.55. The Bertz CT molecular complexity index is 943. The second kappa shape index (κ2) is 6.24. The van der Waals surface area contributed by atoms with E-state index in [1.165, 1.54) is 42.4 Å². The molecule has 0 bridgehead atoms. The molecule has 10 heteroatoms. The molecule has 0 atom stereocenters. The number of benzene rings is 2. The average Bonchev–Trinajstić information content (AvgIpc) is 3.09. The average molecular weight is 349 g/mol. The number of tetrazole rings is 1. The summed E-state index contributed by atoms with van der Waals surface area (Å²) in [5.74, 6) is -0.0496. The first kappa shape index (κ1) is 15.9. The third-order valence-electron chi connectivity index (χ3n) is 3.15. The van der Waals surface area contributed by atoms with Gasteiger partial charge in [-0.05, 0) is 52.9 Å². The number of hydrogen-bond donors (Lipinski definition) is 1. The molecule has 0 spiro atoms. The highest BCUT2D eigenvalue weighted by molar-refractivity contribution is 7.92. The molecule has 1 aromatic heterocycles. The molecule has 0 amide bonds. The van der Waals surface area contributed by atoms with Crippen molar-refractivity contribution in [2.24, 2.45) is 0 Å². The lowest BCUT2D eigenvalue weighted by atomic mass is 10.2. The maximum atomic E-state index is 12.9. The SMILES string of the molecule is COc1ccc(NS(=O)(=O)c2ccc(F)cc2)cc1-n1cnnn1. The molecule has 0 radical (unpaired) electrons. The minimum atomic E-state index is -3.85. The summed E-state index contributed by atoms with van der Waals surface area (Å²) in [5.41, 5.74) is 0.743. The lowest BCUT2D eigenvalue weighted by Gasteiger charge is -2.12. The lowest BCUT2D eigenvalue weighted by Crippen LogP contribution is -2.13. The van der Waals surface area contributed by atoms with Gasteiger partial charge in [-0.1, -0.05) is 0 Å². The van der Waals surface area contributed by atoms with Crippen LogP contribution in [0.2, 0.25) is 0 Å². The van der Waals surface area contributed by atoms with E-state index >= 15 is 0 Å². The predicted molar refractivity (Wildman–Crippen MR) is 82.9 cm³/mol. The maximum Gasteiger partial charge on any atom is 0.261 e. The van der Waals surface area contributed by atoms with Gasteiger partial charge in [0, 0.05) is 0 Å². The molecule has 2 aromatic carbocycles. The minimum absolute atomic E-state index is 0.0521. The summed E-state index contributed by atoms with van der Waals surface area (Å²) in [6.07, 6.45) is 1.36. The largest absolute Gasteiger partial charge is 0.494 e. The maximum absolute atomic E-state index is 12.9. The summed E-state index contributed by atoms with van der Waals surface area (Å²) in [4.78, 5) is -0.0521. The number of anilines is 1. The quantitative estimate of drug-likeness (QED) is 0.751. The van der Waals surface area contributed by atoms with E-state index in [9.17, 15) is 12.8 Å².